The first-order valence-corrected chi connectivity index (χ1v) is 8.21. The number of benzene rings is 1. The van der Waals surface area contributed by atoms with E-state index >= 15 is 0 Å². The van der Waals surface area contributed by atoms with Crippen LogP contribution < -0.4 is 10.5 Å². The summed E-state index contributed by atoms with van der Waals surface area (Å²) >= 11 is -2.62. The fraction of sp³-hybridized carbons (Fsp3) is 0.429. The van der Waals surface area contributed by atoms with Crippen LogP contribution in [0.15, 0.2) is 12.1 Å². The number of hydrogen-bond donors (Lipinski definition) is 2. The molecule has 2 rings (SSSR count). The van der Waals surface area contributed by atoms with Crippen LogP contribution in [-0.2, 0) is 37.7 Å². The van der Waals surface area contributed by atoms with Crippen LogP contribution in [0.25, 0.3) is 0 Å². The quantitative estimate of drug-likeness (QED) is 0.615. The first-order chi connectivity index (χ1) is 11.6. The molecule has 1 aliphatic rings. The predicted octanol–water partition coefficient (Wildman–Crippen LogP) is -0.592. The van der Waals surface area contributed by atoms with E-state index in [0.717, 1.165) is 12.1 Å². The zero-order valence-corrected chi connectivity index (χ0v) is 14.0. The third kappa shape index (κ3) is 4.37. The van der Waals surface area contributed by atoms with Crippen molar-refractivity contribution in [3.05, 3.63) is 34.9 Å². The van der Waals surface area contributed by atoms with E-state index in [1.165, 1.54) is 11.8 Å². The summed E-state index contributed by atoms with van der Waals surface area (Å²) in [5.41, 5.74) is 3.28. The van der Waals surface area contributed by atoms with E-state index < -0.39 is 47.6 Å². The molecule has 1 heterocycles. The smallest absolute Gasteiger partial charge is 0.243 e. The average molecular weight is 376 g/mol. The number of likely N-dealkylation sites (tertiary alicyclic amines) is 1. The maximum atomic E-state index is 14.5. The highest BCUT2D eigenvalue weighted by molar-refractivity contribution is 7.77. The number of nitrogens with zero attached hydrogens (tertiary/aromatic N) is 1. The Labute approximate surface area is 144 Å². The normalized spacial score (nSPS) is 17.0. The number of amides is 2. The van der Waals surface area contributed by atoms with Crippen LogP contribution in [0, 0.1) is 11.6 Å². The topological polar surface area (TPSA) is 125 Å². The van der Waals surface area contributed by atoms with E-state index in [1.807, 2.05) is 4.72 Å². The molecule has 1 aromatic rings. The molecule has 1 aromatic carbocycles. The molecule has 138 valence electrons. The summed E-state index contributed by atoms with van der Waals surface area (Å²) in [4.78, 5) is 23.7. The van der Waals surface area contributed by atoms with E-state index in [9.17, 15) is 27.1 Å². The highest BCUT2D eigenvalue weighted by atomic mass is 32.2. The maximum absolute atomic E-state index is 14.5. The number of ether oxygens (including phenoxy) is 1. The summed E-state index contributed by atoms with van der Waals surface area (Å²) in [6.45, 7) is 0.244. The highest BCUT2D eigenvalue weighted by Gasteiger charge is 2.49. The first kappa shape index (κ1) is 19.4. The standard InChI is InChI=1S/C14H17F2N3O5S/c1-8(20)19-6-14(7-19,24-5-13(17)21)10-3-11(15)9(2-12(10)16)4-18-25(22)23/h2-3,18H,4-7H2,1H3,(H2,17,21)(H,22,23)/p-1. The third-order valence-corrected chi connectivity index (χ3v) is 4.22. The summed E-state index contributed by atoms with van der Waals surface area (Å²) in [6, 6.07) is 1.72. The average Bonchev–Trinajstić information content (AvgIpc) is 2.46. The second-order valence-corrected chi connectivity index (χ2v) is 6.36. The molecule has 1 fully saturated rings. The van der Waals surface area contributed by atoms with Gasteiger partial charge in [0.25, 0.3) is 0 Å². The lowest BCUT2D eigenvalue weighted by molar-refractivity contribution is -0.174. The van der Waals surface area contributed by atoms with E-state index in [0.29, 0.717) is 0 Å². The van der Waals surface area contributed by atoms with Gasteiger partial charge in [0.15, 0.2) is 0 Å². The molecule has 2 amide bonds. The van der Waals surface area contributed by atoms with Crippen molar-refractivity contribution < 1.29 is 31.9 Å². The number of carbonyl (C=O) groups excluding carboxylic acids is 2. The van der Waals surface area contributed by atoms with Crippen molar-refractivity contribution >= 4 is 23.1 Å². The lowest BCUT2D eigenvalue weighted by atomic mass is 9.84. The molecule has 25 heavy (non-hydrogen) atoms. The van der Waals surface area contributed by atoms with Gasteiger partial charge in [-0.15, -0.1) is 0 Å². The highest BCUT2D eigenvalue weighted by Crippen LogP contribution is 2.38. The molecule has 1 saturated heterocycles. The number of halogens is 2. The summed E-state index contributed by atoms with van der Waals surface area (Å²) in [7, 11) is 0. The molecular weight excluding hydrogens is 360 g/mol. The van der Waals surface area contributed by atoms with Gasteiger partial charge in [-0.3, -0.25) is 13.8 Å². The van der Waals surface area contributed by atoms with Crippen molar-refractivity contribution in [2.24, 2.45) is 5.73 Å². The lowest BCUT2D eigenvalue weighted by Gasteiger charge is -2.49. The van der Waals surface area contributed by atoms with Crippen LogP contribution in [0.3, 0.4) is 0 Å². The maximum Gasteiger partial charge on any atom is 0.243 e. The van der Waals surface area contributed by atoms with Crippen LogP contribution in [0.4, 0.5) is 8.78 Å². The number of rotatable bonds is 7. The number of nitrogens with two attached hydrogens (primary N) is 1. The fourth-order valence-corrected chi connectivity index (χ4v) is 2.82. The van der Waals surface area contributed by atoms with Crippen molar-refractivity contribution in [2.45, 2.75) is 19.1 Å². The fourth-order valence-electron chi connectivity index (χ4n) is 2.55. The predicted molar refractivity (Wildman–Crippen MR) is 81.2 cm³/mol. The Bertz CT molecular complexity index is 719. The zero-order valence-electron chi connectivity index (χ0n) is 13.2. The van der Waals surface area contributed by atoms with Gasteiger partial charge in [-0.05, 0) is 12.1 Å². The van der Waals surface area contributed by atoms with Crippen LogP contribution in [0.1, 0.15) is 18.1 Å². The first-order valence-electron chi connectivity index (χ1n) is 7.13. The van der Waals surface area contributed by atoms with Crippen molar-refractivity contribution in [2.75, 3.05) is 19.7 Å². The lowest BCUT2D eigenvalue weighted by Crippen LogP contribution is -2.63. The molecule has 1 aliphatic heterocycles. The van der Waals surface area contributed by atoms with Crippen molar-refractivity contribution in [1.29, 1.82) is 0 Å². The van der Waals surface area contributed by atoms with Crippen LogP contribution in [-0.4, -0.2) is 45.2 Å². The molecule has 0 bridgehead atoms. The van der Waals surface area contributed by atoms with E-state index in [-0.39, 0.29) is 30.1 Å². The van der Waals surface area contributed by atoms with Crippen LogP contribution in [0.2, 0.25) is 0 Å². The molecular formula is C14H16F2N3O5S-. The Hall–Kier alpha value is -1.95. The minimum Gasteiger partial charge on any atom is -0.760 e. The summed E-state index contributed by atoms with van der Waals surface area (Å²) in [5, 5.41) is 0. The van der Waals surface area contributed by atoms with Crippen LogP contribution in [0.5, 0.6) is 0 Å². The van der Waals surface area contributed by atoms with Gasteiger partial charge in [0.05, 0.1) is 13.1 Å². The van der Waals surface area contributed by atoms with E-state index in [2.05, 4.69) is 0 Å². The molecule has 1 atom stereocenters. The van der Waals surface area contributed by atoms with E-state index in [1.54, 1.807) is 0 Å². The largest absolute Gasteiger partial charge is 0.760 e. The van der Waals surface area contributed by atoms with Gasteiger partial charge in [-0.1, -0.05) is 0 Å². The SMILES string of the molecule is CC(=O)N1CC(OCC(N)=O)(c2cc(F)c(CNS(=O)[O-])cc2F)C1. The molecule has 11 heteroatoms. The van der Waals surface area contributed by atoms with Crippen molar-refractivity contribution in [3.63, 3.8) is 0 Å². The Morgan fingerprint density at radius 1 is 1.40 bits per heavy atom. The van der Waals surface area contributed by atoms with Gasteiger partial charge in [0, 0.05) is 35.9 Å². The molecule has 1 unspecified atom stereocenters. The number of hydrogen-bond acceptors (Lipinski definition) is 5. The molecule has 0 aliphatic carbocycles. The minimum absolute atomic E-state index is 0.0614. The Morgan fingerprint density at radius 3 is 2.56 bits per heavy atom. The van der Waals surface area contributed by atoms with Gasteiger partial charge in [0.2, 0.25) is 11.8 Å². The zero-order chi connectivity index (χ0) is 18.8. The Morgan fingerprint density at radius 2 is 2.04 bits per heavy atom. The van der Waals surface area contributed by atoms with E-state index in [4.69, 9.17) is 10.5 Å². The molecule has 0 spiro atoms. The number of primary amides is 1. The number of nitrogens with one attached hydrogen (secondary N) is 1. The Kier molecular flexibility index (Phi) is 5.83. The molecule has 0 saturated carbocycles. The molecule has 0 aromatic heterocycles. The van der Waals surface area contributed by atoms with Gasteiger partial charge in [-0.2, -0.15) is 0 Å². The minimum atomic E-state index is -2.62. The van der Waals surface area contributed by atoms with Gasteiger partial charge in [0.1, 0.15) is 23.8 Å². The van der Waals surface area contributed by atoms with Crippen LogP contribution >= 0.6 is 0 Å². The Balaban J connectivity index is 2.31. The van der Waals surface area contributed by atoms with Gasteiger partial charge >= 0.3 is 0 Å². The van der Waals surface area contributed by atoms with Crippen molar-refractivity contribution in [3.8, 4) is 0 Å². The molecule has 3 N–H and O–H groups in total. The monoisotopic (exact) mass is 376 g/mol. The second kappa shape index (κ2) is 7.52. The molecule has 8 nitrogen and oxygen atoms in total. The third-order valence-electron chi connectivity index (χ3n) is 3.84. The number of carbonyl (C=O) groups is 2. The van der Waals surface area contributed by atoms with Gasteiger partial charge < -0.3 is 19.9 Å². The van der Waals surface area contributed by atoms with Crippen molar-refractivity contribution in [1.82, 2.24) is 9.62 Å². The second-order valence-electron chi connectivity index (χ2n) is 5.60. The molecule has 0 radical (unpaired) electrons. The summed E-state index contributed by atoms with van der Waals surface area (Å²) in [5.74, 6) is -2.77. The summed E-state index contributed by atoms with van der Waals surface area (Å²) < 4.78 is 56.9. The van der Waals surface area contributed by atoms with Gasteiger partial charge in [-0.25, -0.2) is 13.5 Å². The summed E-state index contributed by atoms with van der Waals surface area (Å²) in [6.07, 6.45) is 0.